The Labute approximate surface area is 117 Å². The van der Waals surface area contributed by atoms with Gasteiger partial charge in [0.05, 0.1) is 5.69 Å². The van der Waals surface area contributed by atoms with Gasteiger partial charge >= 0.3 is 11.8 Å². The van der Waals surface area contributed by atoms with Gasteiger partial charge < -0.3 is 16.0 Å². The largest absolute Gasteiger partial charge is 0.359 e. The molecule has 1 aromatic carbocycles. The molecule has 0 atom stereocenters. The Hall–Kier alpha value is -2.58. The SMILES string of the molecule is O=CNCCCNC(=O)C(=O)Nc1ccc(F)c(F)c1F. The van der Waals surface area contributed by atoms with E-state index in [0.717, 1.165) is 6.07 Å². The summed E-state index contributed by atoms with van der Waals surface area (Å²) in [5.74, 6) is -7.02. The molecule has 0 heterocycles. The lowest BCUT2D eigenvalue weighted by Gasteiger charge is -2.08. The molecule has 0 aromatic heterocycles. The number of anilines is 1. The molecule has 1 aromatic rings. The van der Waals surface area contributed by atoms with Crippen LogP contribution in [0.25, 0.3) is 0 Å². The Balaban J connectivity index is 2.51. The van der Waals surface area contributed by atoms with Crippen LogP contribution in [0.4, 0.5) is 18.9 Å². The minimum Gasteiger partial charge on any atom is -0.359 e. The molecule has 0 fully saturated rings. The second-order valence-electron chi connectivity index (χ2n) is 3.86. The Bertz CT molecular complexity index is 552. The molecule has 114 valence electrons. The van der Waals surface area contributed by atoms with E-state index in [4.69, 9.17) is 0 Å². The lowest BCUT2D eigenvalue weighted by molar-refractivity contribution is -0.136. The monoisotopic (exact) mass is 303 g/mol. The highest BCUT2D eigenvalue weighted by atomic mass is 19.2. The normalized spacial score (nSPS) is 9.86. The van der Waals surface area contributed by atoms with E-state index in [0.29, 0.717) is 25.4 Å². The third-order valence-electron chi connectivity index (χ3n) is 2.36. The first kappa shape index (κ1) is 16.5. The van der Waals surface area contributed by atoms with Gasteiger partial charge in [-0.3, -0.25) is 14.4 Å². The predicted octanol–water partition coefficient (Wildman–Crippen LogP) is 0.295. The third-order valence-corrected chi connectivity index (χ3v) is 2.36. The highest BCUT2D eigenvalue weighted by molar-refractivity contribution is 6.39. The summed E-state index contributed by atoms with van der Waals surface area (Å²) in [5, 5.41) is 6.39. The number of halogens is 3. The van der Waals surface area contributed by atoms with Crippen molar-refractivity contribution in [2.45, 2.75) is 6.42 Å². The molecule has 6 nitrogen and oxygen atoms in total. The van der Waals surface area contributed by atoms with Gasteiger partial charge in [-0.1, -0.05) is 0 Å². The van der Waals surface area contributed by atoms with Crippen molar-refractivity contribution in [2.75, 3.05) is 18.4 Å². The van der Waals surface area contributed by atoms with Crippen LogP contribution in [0.2, 0.25) is 0 Å². The van der Waals surface area contributed by atoms with E-state index in [-0.39, 0.29) is 6.54 Å². The number of rotatable bonds is 6. The summed E-state index contributed by atoms with van der Waals surface area (Å²) in [6, 6.07) is 1.42. The van der Waals surface area contributed by atoms with Crippen LogP contribution in [0.3, 0.4) is 0 Å². The van der Waals surface area contributed by atoms with E-state index in [1.165, 1.54) is 0 Å². The summed E-state index contributed by atoms with van der Waals surface area (Å²) in [7, 11) is 0. The van der Waals surface area contributed by atoms with Gasteiger partial charge in [0.25, 0.3) is 0 Å². The van der Waals surface area contributed by atoms with E-state index >= 15 is 0 Å². The van der Waals surface area contributed by atoms with E-state index in [1.807, 2.05) is 5.32 Å². The number of amides is 3. The minimum absolute atomic E-state index is 0.105. The van der Waals surface area contributed by atoms with E-state index < -0.39 is 35.0 Å². The van der Waals surface area contributed by atoms with Crippen LogP contribution in [-0.2, 0) is 14.4 Å². The quantitative estimate of drug-likeness (QED) is 0.306. The number of benzene rings is 1. The summed E-state index contributed by atoms with van der Waals surface area (Å²) < 4.78 is 38.9. The molecule has 0 aliphatic carbocycles. The molecule has 3 N–H and O–H groups in total. The van der Waals surface area contributed by atoms with E-state index in [9.17, 15) is 27.6 Å². The van der Waals surface area contributed by atoms with Crippen molar-refractivity contribution in [1.82, 2.24) is 10.6 Å². The Kier molecular flexibility index (Phi) is 6.18. The van der Waals surface area contributed by atoms with Crippen molar-refractivity contribution in [1.29, 1.82) is 0 Å². The lowest BCUT2D eigenvalue weighted by Crippen LogP contribution is -2.36. The summed E-state index contributed by atoms with van der Waals surface area (Å²) >= 11 is 0. The van der Waals surface area contributed by atoms with E-state index in [1.54, 1.807) is 0 Å². The molecule has 0 spiro atoms. The molecule has 0 aliphatic rings. The smallest absolute Gasteiger partial charge is 0.313 e. The topological polar surface area (TPSA) is 87.3 Å². The lowest BCUT2D eigenvalue weighted by atomic mass is 10.2. The van der Waals surface area contributed by atoms with Crippen LogP contribution in [0, 0.1) is 17.5 Å². The summed E-state index contributed by atoms with van der Waals surface area (Å²) in [6.07, 6.45) is 0.873. The van der Waals surface area contributed by atoms with Gasteiger partial charge in [-0.2, -0.15) is 0 Å². The van der Waals surface area contributed by atoms with Crippen LogP contribution < -0.4 is 16.0 Å². The van der Waals surface area contributed by atoms with Crippen LogP contribution in [0.5, 0.6) is 0 Å². The molecular formula is C12H12F3N3O3. The summed E-state index contributed by atoms with van der Waals surface area (Å²) in [4.78, 5) is 32.7. The van der Waals surface area contributed by atoms with Crippen LogP contribution in [-0.4, -0.2) is 31.3 Å². The maximum absolute atomic E-state index is 13.3. The zero-order valence-electron chi connectivity index (χ0n) is 10.7. The third kappa shape index (κ3) is 4.79. The maximum atomic E-state index is 13.3. The Morgan fingerprint density at radius 3 is 2.43 bits per heavy atom. The maximum Gasteiger partial charge on any atom is 0.313 e. The Morgan fingerprint density at radius 1 is 1.05 bits per heavy atom. The average Bonchev–Trinajstić information content (AvgIpc) is 2.47. The first-order valence-electron chi connectivity index (χ1n) is 5.87. The molecule has 1 rings (SSSR count). The number of carbonyl (C=O) groups is 3. The standard InChI is InChI=1S/C12H12F3N3O3/c13-7-2-3-8(10(15)9(7)14)18-12(21)11(20)17-5-1-4-16-6-19/h2-3,6H,1,4-5H2,(H,16,19)(H,17,20)(H,18,21). The summed E-state index contributed by atoms with van der Waals surface area (Å²) in [5.41, 5.74) is -0.642. The van der Waals surface area contributed by atoms with Crippen molar-refractivity contribution in [3.63, 3.8) is 0 Å². The fourth-order valence-electron chi connectivity index (χ4n) is 1.33. The highest BCUT2D eigenvalue weighted by Gasteiger charge is 2.18. The molecule has 0 unspecified atom stereocenters. The van der Waals surface area contributed by atoms with E-state index in [2.05, 4.69) is 10.6 Å². The van der Waals surface area contributed by atoms with Gasteiger partial charge in [-0.25, -0.2) is 13.2 Å². The molecule has 0 saturated carbocycles. The van der Waals surface area contributed by atoms with Crippen molar-refractivity contribution < 1.29 is 27.6 Å². The van der Waals surface area contributed by atoms with Crippen molar-refractivity contribution in [2.24, 2.45) is 0 Å². The number of nitrogens with one attached hydrogen (secondary N) is 3. The number of carbonyl (C=O) groups excluding carboxylic acids is 3. The predicted molar refractivity (Wildman–Crippen MR) is 66.6 cm³/mol. The summed E-state index contributed by atoms with van der Waals surface area (Å²) in [6.45, 7) is 0.413. The van der Waals surface area contributed by atoms with Gasteiger partial charge in [-0.15, -0.1) is 0 Å². The molecule has 0 radical (unpaired) electrons. The molecule has 9 heteroatoms. The zero-order valence-corrected chi connectivity index (χ0v) is 10.7. The highest BCUT2D eigenvalue weighted by Crippen LogP contribution is 2.19. The Morgan fingerprint density at radius 2 is 1.76 bits per heavy atom. The second kappa shape index (κ2) is 7.88. The zero-order chi connectivity index (χ0) is 15.8. The van der Waals surface area contributed by atoms with Gasteiger partial charge in [0.15, 0.2) is 17.5 Å². The van der Waals surface area contributed by atoms with Gasteiger partial charge in [0.2, 0.25) is 6.41 Å². The molecular weight excluding hydrogens is 291 g/mol. The van der Waals surface area contributed by atoms with Crippen molar-refractivity contribution in [3.05, 3.63) is 29.6 Å². The van der Waals surface area contributed by atoms with Crippen LogP contribution >= 0.6 is 0 Å². The van der Waals surface area contributed by atoms with Gasteiger partial charge in [-0.05, 0) is 18.6 Å². The fourth-order valence-corrected chi connectivity index (χ4v) is 1.33. The average molecular weight is 303 g/mol. The van der Waals surface area contributed by atoms with Gasteiger partial charge in [0, 0.05) is 13.1 Å². The molecule has 3 amide bonds. The first-order chi connectivity index (χ1) is 9.97. The number of hydrogen-bond acceptors (Lipinski definition) is 3. The second-order valence-corrected chi connectivity index (χ2v) is 3.86. The van der Waals surface area contributed by atoms with Crippen molar-refractivity contribution in [3.8, 4) is 0 Å². The van der Waals surface area contributed by atoms with Crippen LogP contribution in [0.15, 0.2) is 12.1 Å². The first-order valence-corrected chi connectivity index (χ1v) is 5.87. The van der Waals surface area contributed by atoms with Gasteiger partial charge in [0.1, 0.15) is 0 Å². The molecule has 0 aliphatic heterocycles. The molecule has 0 saturated heterocycles. The van der Waals surface area contributed by atoms with Crippen molar-refractivity contribution >= 4 is 23.9 Å². The molecule has 21 heavy (non-hydrogen) atoms. The number of hydrogen-bond donors (Lipinski definition) is 3. The molecule has 0 bridgehead atoms. The minimum atomic E-state index is -1.74. The van der Waals surface area contributed by atoms with Crippen LogP contribution in [0.1, 0.15) is 6.42 Å². The fraction of sp³-hybridized carbons (Fsp3) is 0.250.